The monoisotopic (exact) mass is 612 g/mol. The van der Waals surface area contributed by atoms with Crippen LogP contribution in [0.5, 0.6) is 0 Å². The van der Waals surface area contributed by atoms with Gasteiger partial charge in [0.15, 0.2) is 0 Å². The van der Waals surface area contributed by atoms with Crippen molar-refractivity contribution in [2.75, 3.05) is 23.7 Å². The van der Waals surface area contributed by atoms with Crippen LogP contribution in [-0.4, -0.2) is 33.7 Å². The Hall–Kier alpha value is -4.09. The molecule has 1 aliphatic carbocycles. The maximum Gasteiger partial charge on any atom is 0.416 e. The molecule has 1 saturated carbocycles. The third-order valence-corrected chi connectivity index (χ3v) is 8.40. The van der Waals surface area contributed by atoms with E-state index in [1.807, 2.05) is 30.3 Å². The fourth-order valence-electron chi connectivity index (χ4n) is 4.98. The van der Waals surface area contributed by atoms with Crippen LogP contribution in [0, 0.1) is 5.92 Å². The van der Waals surface area contributed by atoms with Crippen molar-refractivity contribution >= 4 is 32.6 Å². The van der Waals surface area contributed by atoms with E-state index in [0.29, 0.717) is 41.2 Å². The molecule has 1 fully saturated rings. The minimum atomic E-state index is -4.53. The zero-order chi connectivity index (χ0) is 30.9. The third-order valence-electron chi connectivity index (χ3n) is 7.27. The van der Waals surface area contributed by atoms with Gasteiger partial charge in [-0.15, -0.1) is 0 Å². The van der Waals surface area contributed by atoms with Gasteiger partial charge in [0.05, 0.1) is 42.8 Å². The van der Waals surface area contributed by atoms with Crippen molar-refractivity contribution in [1.29, 1.82) is 0 Å². The van der Waals surface area contributed by atoms with Crippen LogP contribution < -0.4 is 10.0 Å². The Morgan fingerprint density at radius 3 is 2.35 bits per heavy atom. The highest BCUT2D eigenvalue weighted by Crippen LogP contribution is 2.42. The van der Waals surface area contributed by atoms with Gasteiger partial charge in [-0.1, -0.05) is 49.0 Å². The highest BCUT2D eigenvalue weighted by molar-refractivity contribution is 7.92. The molecule has 0 unspecified atom stereocenters. The zero-order valence-corrected chi connectivity index (χ0v) is 24.3. The van der Waals surface area contributed by atoms with Crippen LogP contribution in [0.2, 0.25) is 0 Å². The molecule has 0 atom stereocenters. The lowest BCUT2D eigenvalue weighted by atomic mass is 9.99. The molecule has 4 aromatic rings. The van der Waals surface area contributed by atoms with Crippen molar-refractivity contribution in [3.63, 3.8) is 0 Å². The summed E-state index contributed by atoms with van der Waals surface area (Å²) in [6.45, 7) is 4.46. The first kappa shape index (κ1) is 30.4. The van der Waals surface area contributed by atoms with Crippen molar-refractivity contribution in [3.8, 4) is 11.3 Å². The van der Waals surface area contributed by atoms with Crippen molar-refractivity contribution in [3.05, 3.63) is 101 Å². The Kier molecular flexibility index (Phi) is 8.40. The van der Waals surface area contributed by atoms with E-state index < -0.39 is 27.7 Å². The van der Waals surface area contributed by atoms with Gasteiger partial charge in [0.1, 0.15) is 11.3 Å². The molecular formula is C32H31F3N2O5S. The van der Waals surface area contributed by atoms with Gasteiger partial charge in [0.2, 0.25) is 10.0 Å². The molecule has 11 heteroatoms. The van der Waals surface area contributed by atoms with E-state index in [1.165, 1.54) is 16.4 Å². The number of hydrogen-bond acceptors (Lipinski definition) is 5. The molecule has 0 saturated heterocycles. The second-order valence-electron chi connectivity index (χ2n) is 10.9. The van der Waals surface area contributed by atoms with Gasteiger partial charge in [-0.05, 0) is 60.1 Å². The lowest BCUT2D eigenvalue weighted by Gasteiger charge is -2.26. The number of primary amides is 1. The minimum absolute atomic E-state index is 0.00961. The summed E-state index contributed by atoms with van der Waals surface area (Å²) in [5.41, 5.74) is 7.86. The molecule has 226 valence electrons. The van der Waals surface area contributed by atoms with E-state index in [2.05, 4.69) is 6.58 Å². The number of sulfonamides is 1. The van der Waals surface area contributed by atoms with E-state index in [4.69, 9.17) is 14.9 Å². The molecule has 1 amide bonds. The Bertz CT molecular complexity index is 1760. The molecule has 2 N–H and O–H groups in total. The molecule has 43 heavy (non-hydrogen) atoms. The average Bonchev–Trinajstić information content (AvgIpc) is 3.68. The van der Waals surface area contributed by atoms with Crippen molar-refractivity contribution in [2.24, 2.45) is 11.7 Å². The predicted molar refractivity (Wildman–Crippen MR) is 159 cm³/mol. The van der Waals surface area contributed by atoms with E-state index in [9.17, 15) is 26.4 Å². The lowest BCUT2D eigenvalue weighted by molar-refractivity contribution is -0.137. The smallest absolute Gasteiger partial charge is 0.416 e. The van der Waals surface area contributed by atoms with Gasteiger partial charge in [-0.2, -0.15) is 13.2 Å². The number of ether oxygens (including phenoxy) is 1. The number of benzene rings is 3. The third kappa shape index (κ3) is 7.11. The quantitative estimate of drug-likeness (QED) is 0.179. The van der Waals surface area contributed by atoms with Crippen LogP contribution in [0.1, 0.15) is 39.9 Å². The number of nitrogens with two attached hydrogens (primary N) is 1. The van der Waals surface area contributed by atoms with Gasteiger partial charge in [-0.3, -0.25) is 9.10 Å². The molecule has 1 aliphatic rings. The number of anilines is 1. The Balaban J connectivity index is 1.52. The second kappa shape index (κ2) is 11.9. The number of furan rings is 1. The summed E-state index contributed by atoms with van der Waals surface area (Å²) in [5.74, 6) is -0.452. The average molecular weight is 613 g/mol. The SMILES string of the molecule is C=C(COCc1ccccc1)CN(c1cc2oc(-c3ccc(C(F)(F)F)cc3)c(C(N)=O)c2cc1CC1CC1)S(C)(=O)=O. The normalized spacial score (nSPS) is 13.8. The minimum Gasteiger partial charge on any atom is -0.455 e. The van der Waals surface area contributed by atoms with E-state index >= 15 is 0 Å². The molecule has 0 bridgehead atoms. The van der Waals surface area contributed by atoms with Gasteiger partial charge < -0.3 is 14.9 Å². The Labute approximate surface area is 247 Å². The van der Waals surface area contributed by atoms with Crippen LogP contribution in [0.4, 0.5) is 18.9 Å². The maximum atomic E-state index is 13.1. The summed E-state index contributed by atoms with van der Waals surface area (Å²) in [6, 6.07) is 17.0. The number of nitrogens with zero attached hydrogens (tertiary/aromatic N) is 1. The Morgan fingerprint density at radius 2 is 1.77 bits per heavy atom. The molecule has 5 rings (SSSR count). The van der Waals surface area contributed by atoms with Gasteiger partial charge in [-0.25, -0.2) is 8.42 Å². The summed E-state index contributed by atoms with van der Waals surface area (Å²) < 4.78 is 78.7. The van der Waals surface area contributed by atoms with Gasteiger partial charge in [0, 0.05) is 17.0 Å². The van der Waals surface area contributed by atoms with E-state index in [0.717, 1.165) is 36.8 Å². The first-order valence-electron chi connectivity index (χ1n) is 13.6. The number of hydrogen-bond donors (Lipinski definition) is 1. The van der Waals surface area contributed by atoms with E-state index in [-0.39, 0.29) is 35.6 Å². The topological polar surface area (TPSA) is 103 Å². The summed E-state index contributed by atoms with van der Waals surface area (Å²) in [5, 5.41) is 0.361. The van der Waals surface area contributed by atoms with Crippen molar-refractivity contribution < 1.29 is 35.5 Å². The van der Waals surface area contributed by atoms with Crippen LogP contribution in [-0.2, 0) is 34.0 Å². The van der Waals surface area contributed by atoms with Crippen LogP contribution in [0.25, 0.3) is 22.3 Å². The second-order valence-corrected chi connectivity index (χ2v) is 12.8. The van der Waals surface area contributed by atoms with E-state index in [1.54, 1.807) is 12.1 Å². The largest absolute Gasteiger partial charge is 0.455 e. The number of fused-ring (bicyclic) bond motifs is 1. The first-order chi connectivity index (χ1) is 20.3. The molecule has 1 aromatic heterocycles. The van der Waals surface area contributed by atoms with Crippen LogP contribution in [0.3, 0.4) is 0 Å². The molecule has 7 nitrogen and oxygen atoms in total. The van der Waals surface area contributed by atoms with Gasteiger partial charge >= 0.3 is 6.18 Å². The Morgan fingerprint density at radius 1 is 1.09 bits per heavy atom. The molecule has 0 aliphatic heterocycles. The van der Waals surface area contributed by atoms with Gasteiger partial charge in [0.25, 0.3) is 5.91 Å². The number of carbonyl (C=O) groups is 1. The number of alkyl halides is 3. The highest BCUT2D eigenvalue weighted by atomic mass is 32.2. The highest BCUT2D eigenvalue weighted by Gasteiger charge is 2.32. The predicted octanol–water partition coefficient (Wildman–Crippen LogP) is 6.71. The van der Waals surface area contributed by atoms with Crippen LogP contribution >= 0.6 is 0 Å². The summed E-state index contributed by atoms with van der Waals surface area (Å²) in [4.78, 5) is 12.6. The number of halogens is 3. The van der Waals surface area contributed by atoms with Crippen molar-refractivity contribution in [1.82, 2.24) is 0 Å². The number of amides is 1. The molecule has 1 heterocycles. The molecule has 0 radical (unpaired) electrons. The fraction of sp³-hybridized carbons (Fsp3) is 0.281. The molecule has 0 spiro atoms. The first-order valence-corrected chi connectivity index (χ1v) is 15.5. The summed E-state index contributed by atoms with van der Waals surface area (Å²) >= 11 is 0. The number of rotatable bonds is 12. The number of carbonyl (C=O) groups excluding carboxylic acids is 1. The standard InChI is InChI=1S/C32H31F3N2O5S/c1-20(18-41-19-22-6-4-3-5-7-22)17-37(43(2,39)40)27-16-28-26(15-24(27)14-21-8-9-21)29(31(36)38)30(42-28)23-10-12-25(13-11-23)32(33,34)35/h3-7,10-13,15-16,21H,1,8-9,14,17-19H2,2H3,(H2,36,38). The zero-order valence-electron chi connectivity index (χ0n) is 23.5. The summed E-state index contributed by atoms with van der Waals surface area (Å²) in [7, 11) is -3.81. The lowest BCUT2D eigenvalue weighted by Crippen LogP contribution is -2.33. The van der Waals surface area contributed by atoms with Crippen LogP contribution in [0.15, 0.2) is 83.3 Å². The maximum absolute atomic E-state index is 13.1. The van der Waals surface area contributed by atoms with Crippen molar-refractivity contribution in [2.45, 2.75) is 32.0 Å². The summed E-state index contributed by atoms with van der Waals surface area (Å²) in [6.07, 6.45) is -0.895. The molecule has 3 aromatic carbocycles. The fourth-order valence-corrected chi connectivity index (χ4v) is 5.93. The molecular weight excluding hydrogens is 581 g/mol.